The minimum atomic E-state index is 0.597. The van der Waals surface area contributed by atoms with Gasteiger partial charge in [0.05, 0.1) is 160 Å². The Labute approximate surface area is 889 Å². The molecule has 20 heterocycles. The second-order valence-electron chi connectivity index (χ2n) is 37.5. The standard InChI is InChI=1S/C27H19N5S.C23H16BrN5S.C23H16ClN5S.C22H16N6S.C21H16N6S/c1-4-16-5-2-13-29-25(16)19(6-1)23-15-22-20(7-3-12-28-22)26(31-23)30-18-10-11-21-24(14-18)33-27(32-21)17-8-9-17;2*24-14-5-7-17(26-12-14)20-11-19-16(2-1-9-25-19)22(28-20)27-15-6-8-18-21(10-15)30-23(29-18)13-3-4-13;1-2-16-19(25-7-1)9-18(14-10-23-12-24-11-14)27-21(16)26-15-5-6-17-20(8-15)29-22(28-17)13-3-4-13;1-2-14-17(22-8-1)11-18(15-7-9-23-27-15)25-20(14)24-13-5-6-16-19(10-13)28-21(26-16)12-3-4-12/h1-7,10-15,17H,8-9H2,(H,30,31);2*1-2,5-13H,3-4H2,(H,27,28);1-2,5-13H,3-4H2,(H,26,27);1-2,5-12H,3-4H2,(H,23,27)(H,24,25). The first kappa shape index (κ1) is 92.0. The molecule has 26 aromatic rings. The fourth-order valence-corrected chi connectivity index (χ4v) is 24.3. The van der Waals surface area contributed by atoms with Gasteiger partial charge in [0.1, 0.15) is 35.4 Å². The van der Waals surface area contributed by atoms with Crippen LogP contribution in [-0.4, -0.2) is 110 Å². The van der Waals surface area contributed by atoms with Gasteiger partial charge < -0.3 is 26.6 Å². The molecule has 0 unspecified atom stereocenters. The number of nitrogens with zero attached hydrogens (tertiary/aromatic N) is 21. The van der Waals surface area contributed by atoms with Crippen molar-refractivity contribution in [2.45, 2.75) is 93.8 Å². The highest BCUT2D eigenvalue weighted by Crippen LogP contribution is 2.50. The Hall–Kier alpha value is -16.7. The summed E-state index contributed by atoms with van der Waals surface area (Å²) in [4.78, 5) is 92.9. The number of H-pyrrole nitrogens is 1. The molecular weight excluding hydrogens is 2050 g/mol. The number of para-hydroxylation sites is 1. The number of aromatic nitrogens is 22. The summed E-state index contributed by atoms with van der Waals surface area (Å²) in [6.07, 6.45) is 33.7. The molecule has 150 heavy (non-hydrogen) atoms. The second-order valence-corrected chi connectivity index (χ2v) is 44.2. The molecule has 0 aliphatic heterocycles. The Morgan fingerprint density at radius 2 is 0.607 bits per heavy atom. The molecule has 6 N–H and O–H groups in total. The molecule has 27 nitrogen and oxygen atoms in total. The topological polar surface area (TPSA) is 347 Å². The van der Waals surface area contributed by atoms with Crippen molar-refractivity contribution >= 4 is 258 Å². The summed E-state index contributed by atoms with van der Waals surface area (Å²) in [6.45, 7) is 0. The summed E-state index contributed by atoms with van der Waals surface area (Å²) in [7, 11) is 0. The normalized spacial score (nSPS) is 13.8. The van der Waals surface area contributed by atoms with E-state index in [-0.39, 0.29) is 0 Å². The summed E-state index contributed by atoms with van der Waals surface area (Å²) >= 11 is 18.4. The van der Waals surface area contributed by atoms with Crippen molar-refractivity contribution in [3.8, 4) is 56.7 Å². The van der Waals surface area contributed by atoms with Crippen LogP contribution >= 0.6 is 84.2 Å². The monoisotopic (exact) mass is 2130 g/mol. The van der Waals surface area contributed by atoms with Crippen LogP contribution in [0.5, 0.6) is 0 Å². The minimum absolute atomic E-state index is 0.597. The fraction of sp³-hybridized carbons (Fsp3) is 0.129. The van der Waals surface area contributed by atoms with Gasteiger partial charge in [0.25, 0.3) is 0 Å². The number of hydrogen-bond donors (Lipinski definition) is 6. The summed E-state index contributed by atoms with van der Waals surface area (Å²) in [6, 6.07) is 81.0. The van der Waals surface area contributed by atoms with E-state index in [1.165, 1.54) is 119 Å². The van der Waals surface area contributed by atoms with E-state index in [1.54, 1.807) is 112 Å². The van der Waals surface area contributed by atoms with E-state index < -0.39 is 0 Å². The predicted molar refractivity (Wildman–Crippen MR) is 611 cm³/mol. The highest BCUT2D eigenvalue weighted by atomic mass is 79.9. The third kappa shape index (κ3) is 20.0. The molecule has 5 fully saturated rings. The largest absolute Gasteiger partial charge is 0.340 e. The minimum Gasteiger partial charge on any atom is -0.340 e. The zero-order valence-electron chi connectivity index (χ0n) is 79.7. The molecule has 5 aliphatic rings. The Balaban J connectivity index is 0.0000000923. The van der Waals surface area contributed by atoms with E-state index in [4.69, 9.17) is 61.4 Å². The van der Waals surface area contributed by atoms with Gasteiger partial charge in [-0.05, 0) is 299 Å². The Morgan fingerprint density at radius 3 is 0.967 bits per heavy atom. The average molecular weight is 2130 g/mol. The molecule has 5 saturated carbocycles. The van der Waals surface area contributed by atoms with Crippen molar-refractivity contribution in [3.05, 3.63) is 352 Å². The van der Waals surface area contributed by atoms with Crippen molar-refractivity contribution in [2.24, 2.45) is 0 Å². The first-order valence-electron chi connectivity index (χ1n) is 49.4. The van der Waals surface area contributed by atoms with Crippen LogP contribution in [0.25, 0.3) is 173 Å². The van der Waals surface area contributed by atoms with Gasteiger partial charge in [0, 0.05) is 174 Å². The number of hydrogen-bond acceptors (Lipinski definition) is 31. The molecule has 5 aliphatic carbocycles. The van der Waals surface area contributed by atoms with Crippen molar-refractivity contribution < 1.29 is 0 Å². The van der Waals surface area contributed by atoms with Gasteiger partial charge in [-0.15, -0.1) is 56.7 Å². The van der Waals surface area contributed by atoms with Gasteiger partial charge in [-0.2, -0.15) is 5.10 Å². The Morgan fingerprint density at radius 1 is 0.273 bits per heavy atom. The lowest BCUT2D eigenvalue weighted by Crippen LogP contribution is -1.98. The third-order valence-electron chi connectivity index (χ3n) is 26.5. The highest BCUT2D eigenvalue weighted by Gasteiger charge is 2.32. The zero-order chi connectivity index (χ0) is 99.6. The van der Waals surface area contributed by atoms with E-state index in [9.17, 15) is 0 Å². The smallest absolute Gasteiger partial charge is 0.140 e. The third-order valence-corrected chi connectivity index (χ3v) is 33.1. The van der Waals surface area contributed by atoms with E-state index in [1.807, 2.05) is 140 Å². The van der Waals surface area contributed by atoms with Crippen molar-refractivity contribution in [3.63, 3.8) is 0 Å². The zero-order valence-corrected chi connectivity index (χ0v) is 86.1. The van der Waals surface area contributed by atoms with E-state index >= 15 is 0 Å². The number of benzene rings is 6. The number of aromatic amines is 1. The molecule has 20 aromatic heterocycles. The molecular formula is C116H83BrClN27S5. The lowest BCUT2D eigenvalue weighted by atomic mass is 10.1. The summed E-state index contributed by atoms with van der Waals surface area (Å²) in [5.74, 6) is 7.20. The average Bonchev–Trinajstić information content (AvgIpc) is 1.73. The molecule has 0 radical (unpaired) electrons. The van der Waals surface area contributed by atoms with Gasteiger partial charge in [0.2, 0.25) is 0 Å². The quantitative estimate of drug-likeness (QED) is 0.0413. The van der Waals surface area contributed by atoms with Crippen LogP contribution in [0.15, 0.2) is 322 Å². The van der Waals surface area contributed by atoms with Gasteiger partial charge in [-0.25, -0.2) is 59.8 Å². The van der Waals surface area contributed by atoms with Crippen LogP contribution in [-0.2, 0) is 0 Å². The Bertz CT molecular complexity index is 9430. The summed E-state index contributed by atoms with van der Waals surface area (Å²) < 4.78 is 6.95. The van der Waals surface area contributed by atoms with Crippen molar-refractivity contribution in [1.82, 2.24) is 110 Å². The van der Waals surface area contributed by atoms with E-state index in [0.717, 1.165) is 212 Å². The number of thiazole rings is 5. The SMILES string of the molecule is Brc1ccc(-c2cc3ncccc3c(Nc3ccc4nc(C5CC5)sc4c3)n2)nc1.Clc1ccc(-c2cc3ncccc3c(Nc3ccc4nc(C5CC5)sc4c3)n2)nc1.c1cnc2c(-c3cc4ncccc4c(Nc4ccc5nc(C6CC6)sc5c4)n3)cccc2c1.c1cnc2cc(-c3ccn[nH]3)nc(Nc3ccc4nc(C5CC5)sc4c3)c2c1.c1cnc2cc(-c3cncnc3)nc(Nc3ccc4nc(C5CC5)sc4c3)c2c1. The van der Waals surface area contributed by atoms with Crippen LogP contribution in [0, 0.1) is 0 Å². The van der Waals surface area contributed by atoms with Crippen LogP contribution in [0.3, 0.4) is 0 Å². The van der Waals surface area contributed by atoms with Gasteiger partial charge >= 0.3 is 0 Å². The van der Waals surface area contributed by atoms with Crippen LogP contribution in [0.2, 0.25) is 5.02 Å². The molecule has 31 rings (SSSR count). The van der Waals surface area contributed by atoms with Gasteiger partial charge in [-0.3, -0.25) is 45.0 Å². The Kier molecular flexibility index (Phi) is 24.4. The molecule has 726 valence electrons. The first-order valence-corrected chi connectivity index (χ1v) is 54.7. The second kappa shape index (κ2) is 39.9. The maximum atomic E-state index is 5.99. The summed E-state index contributed by atoms with van der Waals surface area (Å²) in [5.41, 5.74) is 23.9. The van der Waals surface area contributed by atoms with Crippen molar-refractivity contribution in [2.75, 3.05) is 26.6 Å². The molecule has 0 spiro atoms. The maximum Gasteiger partial charge on any atom is 0.140 e. The number of halogens is 2. The predicted octanol–water partition coefficient (Wildman–Crippen LogP) is 30.9. The fourth-order valence-electron chi connectivity index (χ4n) is 18.0. The van der Waals surface area contributed by atoms with Crippen LogP contribution in [0.1, 0.15) is 119 Å². The van der Waals surface area contributed by atoms with Gasteiger partial charge in [-0.1, -0.05) is 35.9 Å². The molecule has 6 aromatic carbocycles. The molecule has 0 atom stereocenters. The van der Waals surface area contributed by atoms with E-state index in [0.29, 0.717) is 34.6 Å². The molecule has 0 amide bonds. The molecule has 34 heteroatoms. The van der Waals surface area contributed by atoms with Gasteiger partial charge in [0.15, 0.2) is 0 Å². The number of fused-ring (bicyclic) bond motifs is 11. The number of anilines is 10. The highest BCUT2D eigenvalue weighted by molar-refractivity contribution is 9.10. The van der Waals surface area contributed by atoms with Crippen molar-refractivity contribution in [1.29, 1.82) is 0 Å². The number of nitrogens with one attached hydrogen (secondary N) is 6. The van der Waals surface area contributed by atoms with Crippen LogP contribution < -0.4 is 26.6 Å². The summed E-state index contributed by atoms with van der Waals surface area (Å²) in [5, 5.41) is 37.4. The number of pyridine rings is 13. The molecule has 0 saturated heterocycles. The number of rotatable bonds is 20. The lowest BCUT2D eigenvalue weighted by Gasteiger charge is -2.12. The maximum absolute atomic E-state index is 5.99. The van der Waals surface area contributed by atoms with Crippen LogP contribution in [0.4, 0.5) is 57.5 Å². The molecule has 0 bridgehead atoms. The van der Waals surface area contributed by atoms with E-state index in [2.05, 4.69) is 218 Å². The first-order chi connectivity index (χ1) is 73.9. The lowest BCUT2D eigenvalue weighted by molar-refractivity contribution is 1.09.